The molecule has 2 aliphatic rings. The van der Waals surface area contributed by atoms with Gasteiger partial charge in [0.15, 0.2) is 0 Å². The molecule has 2 heterocycles. The quantitative estimate of drug-likeness (QED) is 0.798. The molecular weight excluding hydrogens is 386 g/mol. The van der Waals surface area contributed by atoms with Crippen LogP contribution in [0.1, 0.15) is 38.2 Å². The minimum absolute atomic E-state index is 0. The summed E-state index contributed by atoms with van der Waals surface area (Å²) < 4.78 is 26.9. The topological polar surface area (TPSA) is 69.7 Å². The number of sulfonamides is 1. The molecule has 0 unspecified atom stereocenters. The number of halogens is 1. The first-order valence-corrected chi connectivity index (χ1v) is 11.0. The summed E-state index contributed by atoms with van der Waals surface area (Å²) in [7, 11) is -3.38. The van der Waals surface area contributed by atoms with Gasteiger partial charge in [-0.05, 0) is 43.9 Å². The van der Waals surface area contributed by atoms with Crippen molar-refractivity contribution in [1.29, 1.82) is 0 Å². The Bertz CT molecular complexity index is 718. The van der Waals surface area contributed by atoms with Crippen LogP contribution in [0.2, 0.25) is 0 Å². The fourth-order valence-corrected chi connectivity index (χ4v) is 5.21. The number of benzene rings is 1. The van der Waals surface area contributed by atoms with Gasteiger partial charge in [0.25, 0.3) is 0 Å². The smallest absolute Gasteiger partial charge is 0.243 e. The predicted molar refractivity (Wildman–Crippen MR) is 109 cm³/mol. The van der Waals surface area contributed by atoms with Gasteiger partial charge in [-0.3, -0.25) is 4.79 Å². The van der Waals surface area contributed by atoms with Gasteiger partial charge in [0.05, 0.1) is 4.90 Å². The Balaban J connectivity index is 0.00000261. The predicted octanol–water partition coefficient (Wildman–Crippen LogP) is 2.04. The molecule has 3 rings (SSSR count). The Morgan fingerprint density at radius 2 is 1.78 bits per heavy atom. The number of carbonyl (C=O) groups is 1. The highest BCUT2D eigenvalue weighted by molar-refractivity contribution is 7.89. The van der Waals surface area contributed by atoms with Crippen molar-refractivity contribution >= 4 is 28.3 Å². The van der Waals surface area contributed by atoms with Gasteiger partial charge in [0.1, 0.15) is 0 Å². The molecule has 27 heavy (non-hydrogen) atoms. The molecular formula is C19H30ClN3O3S. The van der Waals surface area contributed by atoms with E-state index in [2.05, 4.69) is 12.2 Å². The van der Waals surface area contributed by atoms with Crippen molar-refractivity contribution in [3.05, 3.63) is 29.8 Å². The lowest BCUT2D eigenvalue weighted by molar-refractivity contribution is -0.133. The molecule has 1 aromatic rings. The molecule has 0 aliphatic carbocycles. The Hall–Kier alpha value is -1.15. The van der Waals surface area contributed by atoms with Crippen LogP contribution < -0.4 is 5.32 Å². The molecule has 2 saturated heterocycles. The van der Waals surface area contributed by atoms with Gasteiger partial charge in [0, 0.05) is 45.2 Å². The summed E-state index contributed by atoms with van der Waals surface area (Å²) in [6, 6.07) is 7.26. The van der Waals surface area contributed by atoms with Gasteiger partial charge in [-0.1, -0.05) is 18.6 Å². The number of nitrogens with one attached hydrogen (secondary N) is 1. The first-order chi connectivity index (χ1) is 12.5. The molecule has 0 saturated carbocycles. The number of amides is 1. The van der Waals surface area contributed by atoms with Gasteiger partial charge >= 0.3 is 0 Å². The van der Waals surface area contributed by atoms with Crippen LogP contribution in [0.25, 0.3) is 0 Å². The summed E-state index contributed by atoms with van der Waals surface area (Å²) in [5.41, 5.74) is 0.999. The van der Waals surface area contributed by atoms with Crippen molar-refractivity contribution in [2.24, 2.45) is 0 Å². The van der Waals surface area contributed by atoms with E-state index in [-0.39, 0.29) is 24.4 Å². The first-order valence-electron chi connectivity index (χ1n) is 9.58. The third-order valence-electron chi connectivity index (χ3n) is 5.33. The second-order valence-corrected chi connectivity index (χ2v) is 9.19. The number of hydrogen-bond donors (Lipinski definition) is 1. The Kier molecular flexibility index (Phi) is 8.09. The van der Waals surface area contributed by atoms with E-state index in [1.165, 1.54) is 0 Å². The van der Waals surface area contributed by atoms with Crippen molar-refractivity contribution in [3.8, 4) is 0 Å². The van der Waals surface area contributed by atoms with Crippen LogP contribution in [-0.2, 0) is 21.2 Å². The number of piperidine rings is 1. The first kappa shape index (κ1) is 22.1. The van der Waals surface area contributed by atoms with E-state index >= 15 is 0 Å². The van der Waals surface area contributed by atoms with Crippen LogP contribution in [0.4, 0.5) is 0 Å². The second-order valence-electron chi connectivity index (χ2n) is 7.25. The average molecular weight is 416 g/mol. The molecule has 1 atom stereocenters. The zero-order valence-electron chi connectivity index (χ0n) is 15.9. The molecule has 2 fully saturated rings. The summed E-state index contributed by atoms with van der Waals surface area (Å²) in [6.45, 7) is 5.73. The fraction of sp³-hybridized carbons (Fsp3) is 0.632. The lowest BCUT2D eigenvalue weighted by atomic mass is 10.1. The molecule has 0 radical (unpaired) electrons. The van der Waals surface area contributed by atoms with Gasteiger partial charge in [-0.15, -0.1) is 12.4 Å². The van der Waals surface area contributed by atoms with Gasteiger partial charge < -0.3 is 10.2 Å². The summed E-state index contributed by atoms with van der Waals surface area (Å²) in [4.78, 5) is 14.7. The average Bonchev–Trinajstić information content (AvgIpc) is 2.67. The maximum atomic E-state index is 12.7. The molecule has 1 aromatic carbocycles. The molecule has 0 bridgehead atoms. The van der Waals surface area contributed by atoms with Crippen LogP contribution in [0.3, 0.4) is 0 Å². The Labute approximate surface area is 168 Å². The largest absolute Gasteiger partial charge is 0.337 e. The molecule has 1 N–H and O–H groups in total. The minimum Gasteiger partial charge on any atom is -0.337 e. The SMILES string of the molecule is C[C@@H]1CNCCN1C(=O)CCc1ccc(S(=O)(=O)N2CCCCC2)cc1.Cl. The van der Waals surface area contributed by atoms with Crippen LogP contribution in [0.5, 0.6) is 0 Å². The highest BCUT2D eigenvalue weighted by Gasteiger charge is 2.26. The zero-order valence-corrected chi connectivity index (χ0v) is 17.5. The fourth-order valence-electron chi connectivity index (χ4n) is 3.69. The number of rotatable bonds is 5. The molecule has 0 aromatic heterocycles. The number of piperazine rings is 1. The van der Waals surface area contributed by atoms with Gasteiger partial charge in [0.2, 0.25) is 15.9 Å². The van der Waals surface area contributed by atoms with Crippen molar-refractivity contribution in [2.75, 3.05) is 32.7 Å². The monoisotopic (exact) mass is 415 g/mol. The maximum absolute atomic E-state index is 12.7. The molecule has 8 heteroatoms. The van der Waals surface area contributed by atoms with Crippen LogP contribution >= 0.6 is 12.4 Å². The molecule has 6 nitrogen and oxygen atoms in total. The number of hydrogen-bond acceptors (Lipinski definition) is 4. The van der Waals surface area contributed by atoms with Gasteiger partial charge in [-0.25, -0.2) is 8.42 Å². The van der Waals surface area contributed by atoms with Crippen LogP contribution in [0, 0.1) is 0 Å². The summed E-state index contributed by atoms with van der Waals surface area (Å²) in [5.74, 6) is 0.170. The van der Waals surface area contributed by atoms with E-state index in [0.717, 1.165) is 44.5 Å². The lowest BCUT2D eigenvalue weighted by Gasteiger charge is -2.34. The molecule has 0 spiro atoms. The third kappa shape index (κ3) is 5.44. The summed E-state index contributed by atoms with van der Waals surface area (Å²) in [5, 5.41) is 3.29. The third-order valence-corrected chi connectivity index (χ3v) is 7.24. The summed E-state index contributed by atoms with van der Waals surface area (Å²) in [6.07, 6.45) is 4.07. The molecule has 2 aliphatic heterocycles. The molecule has 152 valence electrons. The van der Waals surface area contributed by atoms with E-state index in [1.54, 1.807) is 16.4 Å². The summed E-state index contributed by atoms with van der Waals surface area (Å²) >= 11 is 0. The number of carbonyl (C=O) groups excluding carboxylic acids is 1. The van der Waals surface area contributed by atoms with E-state index in [1.807, 2.05) is 17.0 Å². The van der Waals surface area contributed by atoms with Crippen molar-refractivity contribution < 1.29 is 13.2 Å². The lowest BCUT2D eigenvalue weighted by Crippen LogP contribution is -2.52. The minimum atomic E-state index is -3.38. The Morgan fingerprint density at radius 1 is 1.11 bits per heavy atom. The van der Waals surface area contributed by atoms with Crippen molar-refractivity contribution in [2.45, 2.75) is 50.0 Å². The maximum Gasteiger partial charge on any atom is 0.243 e. The van der Waals surface area contributed by atoms with Crippen LogP contribution in [0.15, 0.2) is 29.2 Å². The highest BCUT2D eigenvalue weighted by atomic mass is 35.5. The van der Waals surface area contributed by atoms with E-state index in [9.17, 15) is 13.2 Å². The number of aryl methyl sites for hydroxylation is 1. The standard InChI is InChI=1S/C19H29N3O3S.ClH/c1-16-15-20-11-14-22(16)19(23)10-7-17-5-8-18(9-6-17)26(24,25)21-12-3-2-4-13-21;/h5-6,8-9,16,20H,2-4,7,10-15H2,1H3;1H/t16-;/m1./s1. The van der Waals surface area contributed by atoms with Crippen molar-refractivity contribution in [3.63, 3.8) is 0 Å². The second kappa shape index (κ2) is 9.87. The van der Waals surface area contributed by atoms with Crippen LogP contribution in [-0.4, -0.2) is 62.3 Å². The van der Waals surface area contributed by atoms with E-state index < -0.39 is 10.0 Å². The Morgan fingerprint density at radius 3 is 2.41 bits per heavy atom. The molecule has 1 amide bonds. The number of nitrogens with zero attached hydrogens (tertiary/aromatic N) is 2. The zero-order chi connectivity index (χ0) is 18.6. The normalized spacial score (nSPS) is 21.5. The van der Waals surface area contributed by atoms with E-state index in [0.29, 0.717) is 30.8 Å². The van der Waals surface area contributed by atoms with E-state index in [4.69, 9.17) is 0 Å². The van der Waals surface area contributed by atoms with Gasteiger partial charge in [-0.2, -0.15) is 4.31 Å². The van der Waals surface area contributed by atoms with Crippen molar-refractivity contribution in [1.82, 2.24) is 14.5 Å². The highest BCUT2D eigenvalue weighted by Crippen LogP contribution is 2.21.